The highest BCUT2D eigenvalue weighted by molar-refractivity contribution is 8.19. The lowest BCUT2D eigenvalue weighted by atomic mass is 10.2. The van der Waals surface area contributed by atoms with Gasteiger partial charge in [-0.05, 0) is 54.6 Å². The Morgan fingerprint density at radius 2 is 1.89 bits per heavy atom. The lowest BCUT2D eigenvalue weighted by Gasteiger charge is -2.17. The van der Waals surface area contributed by atoms with Crippen molar-refractivity contribution < 1.29 is 9.53 Å². The van der Waals surface area contributed by atoms with Crippen LogP contribution in [0.3, 0.4) is 0 Å². The number of fused-ring (bicyclic) bond motifs is 1. The average molecular weight is 528 g/mol. The molecular formula is C28H25N5O2S2. The lowest BCUT2D eigenvalue weighted by molar-refractivity contribution is -0.122. The highest BCUT2D eigenvalue weighted by Gasteiger charge is 2.39. The molecule has 0 atom stereocenters. The smallest absolute Gasteiger partial charge is 0.269 e. The minimum Gasteiger partial charge on any atom is -0.497 e. The SMILES string of the molecule is CCNc1ccc(C#N)cc1N=C1SC(=C2Sc3ccc(OC)cc3N2C)C(=O)N1Cc1ccccc1. The van der Waals surface area contributed by atoms with E-state index in [1.165, 1.54) is 11.8 Å². The third kappa shape index (κ3) is 4.90. The first-order valence-corrected chi connectivity index (χ1v) is 13.4. The van der Waals surface area contributed by atoms with E-state index in [1.807, 2.05) is 73.5 Å². The summed E-state index contributed by atoms with van der Waals surface area (Å²) in [6.45, 7) is 3.11. The maximum absolute atomic E-state index is 13.9. The van der Waals surface area contributed by atoms with Crippen molar-refractivity contribution >= 4 is 51.7 Å². The van der Waals surface area contributed by atoms with E-state index in [0.717, 1.165) is 32.6 Å². The second-order valence-corrected chi connectivity index (χ2v) is 10.4. The van der Waals surface area contributed by atoms with Gasteiger partial charge in [0, 0.05) is 24.6 Å². The van der Waals surface area contributed by atoms with Crippen molar-refractivity contribution in [2.75, 3.05) is 30.9 Å². The molecule has 1 saturated heterocycles. The molecule has 0 aliphatic carbocycles. The second kappa shape index (κ2) is 10.6. The molecule has 0 aromatic heterocycles. The number of ether oxygens (including phenoxy) is 1. The quantitative estimate of drug-likeness (QED) is 0.384. The maximum atomic E-state index is 13.9. The average Bonchev–Trinajstić information content (AvgIpc) is 3.41. The summed E-state index contributed by atoms with van der Waals surface area (Å²) in [5, 5.41) is 14.2. The number of rotatable bonds is 6. The van der Waals surface area contributed by atoms with Crippen LogP contribution in [0.15, 0.2) is 86.6 Å². The molecule has 0 saturated carbocycles. The Balaban J connectivity index is 1.59. The molecule has 1 N–H and O–H groups in total. The minimum atomic E-state index is -0.0943. The van der Waals surface area contributed by atoms with E-state index in [9.17, 15) is 10.1 Å². The minimum absolute atomic E-state index is 0.0943. The van der Waals surface area contributed by atoms with Crippen molar-refractivity contribution in [3.05, 3.63) is 87.8 Å². The number of carbonyl (C=O) groups excluding carboxylic acids is 1. The van der Waals surface area contributed by atoms with Crippen LogP contribution in [0.25, 0.3) is 0 Å². The van der Waals surface area contributed by atoms with E-state index in [1.54, 1.807) is 35.9 Å². The van der Waals surface area contributed by atoms with Crippen LogP contribution in [0.2, 0.25) is 0 Å². The third-order valence-electron chi connectivity index (χ3n) is 5.99. The first-order chi connectivity index (χ1) is 18.0. The zero-order chi connectivity index (χ0) is 25.9. The Bertz CT molecular complexity index is 1460. The van der Waals surface area contributed by atoms with Crippen molar-refractivity contribution in [3.63, 3.8) is 0 Å². The topological polar surface area (TPSA) is 81.0 Å². The Morgan fingerprint density at radius 3 is 2.62 bits per heavy atom. The fraction of sp³-hybridized carbons (Fsp3) is 0.179. The largest absolute Gasteiger partial charge is 0.497 e. The molecule has 7 nitrogen and oxygen atoms in total. The zero-order valence-corrected chi connectivity index (χ0v) is 22.3. The predicted molar refractivity (Wildman–Crippen MR) is 151 cm³/mol. The summed E-state index contributed by atoms with van der Waals surface area (Å²) >= 11 is 2.93. The summed E-state index contributed by atoms with van der Waals surface area (Å²) in [6.07, 6.45) is 0. The molecule has 0 unspecified atom stereocenters. The molecule has 5 rings (SSSR count). The van der Waals surface area contributed by atoms with Crippen LogP contribution >= 0.6 is 23.5 Å². The molecule has 37 heavy (non-hydrogen) atoms. The van der Waals surface area contributed by atoms with Gasteiger partial charge in [0.15, 0.2) is 5.17 Å². The van der Waals surface area contributed by atoms with Gasteiger partial charge in [0.05, 0.1) is 47.4 Å². The summed E-state index contributed by atoms with van der Waals surface area (Å²) in [7, 11) is 3.61. The van der Waals surface area contributed by atoms with E-state index in [4.69, 9.17) is 9.73 Å². The van der Waals surface area contributed by atoms with Crippen LogP contribution in [0.4, 0.5) is 17.1 Å². The number of hydrogen-bond donors (Lipinski definition) is 1. The number of anilines is 2. The van der Waals surface area contributed by atoms with E-state index < -0.39 is 0 Å². The van der Waals surface area contributed by atoms with Crippen LogP contribution in [-0.2, 0) is 11.3 Å². The first kappa shape index (κ1) is 24.8. The summed E-state index contributed by atoms with van der Waals surface area (Å²) in [5.41, 5.74) is 3.96. The second-order valence-electron chi connectivity index (χ2n) is 8.38. The van der Waals surface area contributed by atoms with E-state index >= 15 is 0 Å². The Morgan fingerprint density at radius 1 is 1.08 bits per heavy atom. The van der Waals surface area contributed by atoms with Crippen LogP contribution in [0.1, 0.15) is 18.1 Å². The molecule has 3 aromatic carbocycles. The first-order valence-electron chi connectivity index (χ1n) is 11.8. The van der Waals surface area contributed by atoms with Crippen LogP contribution in [0, 0.1) is 11.3 Å². The van der Waals surface area contributed by atoms with Crippen LogP contribution in [0.5, 0.6) is 5.75 Å². The number of aliphatic imine (C=N–C) groups is 1. The normalized spacial score (nSPS) is 17.8. The molecule has 0 spiro atoms. The standard InChI is InChI=1S/C28H25N5O2S2/c1-4-30-21-12-10-19(16-29)14-22(21)31-28-33(17-18-8-6-5-7-9-18)26(34)25(37-28)27-32(2)23-15-20(35-3)11-13-24(23)36-27/h5-15,30H,4,17H2,1-3H3. The molecule has 0 bridgehead atoms. The number of nitriles is 1. The number of nitrogens with one attached hydrogen (secondary N) is 1. The number of nitrogens with zero attached hydrogens (tertiary/aromatic N) is 4. The molecule has 2 aliphatic rings. The van der Waals surface area contributed by atoms with Crippen molar-refractivity contribution in [3.8, 4) is 11.8 Å². The van der Waals surface area contributed by atoms with E-state index in [0.29, 0.717) is 34.4 Å². The van der Waals surface area contributed by atoms with E-state index in [2.05, 4.69) is 11.4 Å². The lowest BCUT2D eigenvalue weighted by Crippen LogP contribution is -2.29. The summed E-state index contributed by atoms with van der Waals surface area (Å²) < 4.78 is 5.41. The molecule has 1 fully saturated rings. The van der Waals surface area contributed by atoms with Gasteiger partial charge in [-0.1, -0.05) is 42.1 Å². The maximum Gasteiger partial charge on any atom is 0.269 e. The molecule has 2 aliphatic heterocycles. The van der Waals surface area contributed by atoms with Crippen molar-refractivity contribution in [2.45, 2.75) is 18.4 Å². The number of amides is 1. The number of hydrogen-bond acceptors (Lipinski definition) is 8. The Hall–Kier alpha value is -3.87. The van der Waals surface area contributed by atoms with Gasteiger partial charge in [0.25, 0.3) is 5.91 Å². The molecule has 9 heteroatoms. The number of benzene rings is 3. The Kier molecular flexibility index (Phi) is 7.12. The van der Waals surface area contributed by atoms with Crippen molar-refractivity contribution in [1.82, 2.24) is 4.90 Å². The molecule has 3 aromatic rings. The summed E-state index contributed by atoms with van der Waals surface area (Å²) in [4.78, 5) is 24.3. The highest BCUT2D eigenvalue weighted by Crippen LogP contribution is 2.51. The van der Waals surface area contributed by atoms with Gasteiger partial charge < -0.3 is 15.0 Å². The number of carbonyl (C=O) groups is 1. The molecule has 2 heterocycles. The summed E-state index contributed by atoms with van der Waals surface area (Å²) in [5.74, 6) is 0.673. The number of thioether (sulfide) groups is 2. The van der Waals surface area contributed by atoms with Crippen LogP contribution in [-0.4, -0.2) is 36.7 Å². The fourth-order valence-electron chi connectivity index (χ4n) is 4.11. The van der Waals surface area contributed by atoms with Gasteiger partial charge >= 0.3 is 0 Å². The molecular weight excluding hydrogens is 502 g/mol. The number of methoxy groups -OCH3 is 1. The molecule has 0 radical (unpaired) electrons. The predicted octanol–water partition coefficient (Wildman–Crippen LogP) is 6.17. The van der Waals surface area contributed by atoms with Crippen molar-refractivity contribution in [2.24, 2.45) is 4.99 Å². The van der Waals surface area contributed by atoms with Gasteiger partial charge in [-0.15, -0.1) is 0 Å². The van der Waals surface area contributed by atoms with Gasteiger partial charge in [-0.25, -0.2) is 4.99 Å². The van der Waals surface area contributed by atoms with Gasteiger partial charge in [-0.2, -0.15) is 5.26 Å². The number of amidine groups is 1. The van der Waals surface area contributed by atoms with Crippen molar-refractivity contribution in [1.29, 1.82) is 5.26 Å². The third-order valence-corrected chi connectivity index (χ3v) is 8.42. The van der Waals surface area contributed by atoms with Gasteiger partial charge in [-0.3, -0.25) is 9.69 Å². The van der Waals surface area contributed by atoms with E-state index in [-0.39, 0.29) is 5.91 Å². The van der Waals surface area contributed by atoms with Gasteiger partial charge in [0.2, 0.25) is 0 Å². The molecule has 1 amide bonds. The Labute approximate surface area is 224 Å². The monoisotopic (exact) mass is 527 g/mol. The summed E-state index contributed by atoms with van der Waals surface area (Å²) in [6, 6.07) is 23.4. The van der Waals surface area contributed by atoms with Gasteiger partial charge in [0.1, 0.15) is 10.7 Å². The van der Waals surface area contributed by atoms with Crippen LogP contribution < -0.4 is 15.0 Å². The fourth-order valence-corrected chi connectivity index (χ4v) is 6.43. The zero-order valence-electron chi connectivity index (χ0n) is 20.7. The highest BCUT2D eigenvalue weighted by atomic mass is 32.2. The molecule has 186 valence electrons.